The van der Waals surface area contributed by atoms with Crippen molar-refractivity contribution < 1.29 is 14.3 Å². The zero-order chi connectivity index (χ0) is 18.8. The van der Waals surface area contributed by atoms with Gasteiger partial charge in [-0.1, -0.05) is 48.0 Å². The van der Waals surface area contributed by atoms with Gasteiger partial charge in [0.05, 0.1) is 6.54 Å². The number of carbonyl (C=O) groups is 2. The zero-order valence-corrected chi connectivity index (χ0v) is 16.1. The molecule has 0 aliphatic carbocycles. The minimum absolute atomic E-state index is 0.0340. The molecule has 26 heavy (non-hydrogen) atoms. The highest BCUT2D eigenvalue weighted by Crippen LogP contribution is 2.23. The fourth-order valence-electron chi connectivity index (χ4n) is 2.31. The van der Waals surface area contributed by atoms with Gasteiger partial charge in [-0.25, -0.2) is 0 Å². The number of nitrogens with one attached hydrogen (secondary N) is 1. The third-order valence-electron chi connectivity index (χ3n) is 3.82. The lowest BCUT2D eigenvalue weighted by atomic mass is 10.1. The van der Waals surface area contributed by atoms with E-state index in [4.69, 9.17) is 4.74 Å². The molecular formula is C21H25NO3S. The van der Waals surface area contributed by atoms with E-state index in [1.54, 1.807) is 0 Å². The maximum absolute atomic E-state index is 12.0. The van der Waals surface area contributed by atoms with Crippen LogP contribution >= 0.6 is 11.8 Å². The zero-order valence-electron chi connectivity index (χ0n) is 15.2. The Morgan fingerprint density at radius 3 is 2.46 bits per heavy atom. The van der Waals surface area contributed by atoms with Crippen LogP contribution in [0.25, 0.3) is 0 Å². The second-order valence-electron chi connectivity index (χ2n) is 6.08. The van der Waals surface area contributed by atoms with Gasteiger partial charge in [0, 0.05) is 11.3 Å². The molecule has 0 fully saturated rings. The molecule has 0 aliphatic rings. The van der Waals surface area contributed by atoms with Gasteiger partial charge < -0.3 is 10.1 Å². The van der Waals surface area contributed by atoms with Gasteiger partial charge in [0.15, 0.2) is 0 Å². The molecule has 0 aromatic heterocycles. The first kappa shape index (κ1) is 20.0. The SMILES string of the molecule is Cc1ccc(CCC(=O)NCCOC(=O)C(C)Sc2ccccc2)cc1. The van der Waals surface area contributed by atoms with E-state index in [2.05, 4.69) is 5.32 Å². The molecule has 0 heterocycles. The van der Waals surface area contributed by atoms with Crippen LogP contribution in [0.3, 0.4) is 0 Å². The van der Waals surface area contributed by atoms with Crippen LogP contribution in [-0.2, 0) is 20.7 Å². The van der Waals surface area contributed by atoms with Crippen LogP contribution in [0.15, 0.2) is 59.5 Å². The van der Waals surface area contributed by atoms with E-state index in [1.807, 2.05) is 68.4 Å². The van der Waals surface area contributed by atoms with Gasteiger partial charge in [-0.3, -0.25) is 9.59 Å². The summed E-state index contributed by atoms with van der Waals surface area (Å²) in [6.45, 7) is 4.38. The maximum Gasteiger partial charge on any atom is 0.319 e. The minimum Gasteiger partial charge on any atom is -0.463 e. The standard InChI is InChI=1S/C21H25NO3S/c1-16-8-10-18(11-9-16)12-13-20(23)22-14-15-25-21(24)17(2)26-19-6-4-3-5-7-19/h3-11,17H,12-15H2,1-2H3,(H,22,23). The summed E-state index contributed by atoms with van der Waals surface area (Å²) in [4.78, 5) is 24.9. The van der Waals surface area contributed by atoms with Gasteiger partial charge in [0.1, 0.15) is 11.9 Å². The highest BCUT2D eigenvalue weighted by molar-refractivity contribution is 8.00. The van der Waals surface area contributed by atoms with E-state index in [-0.39, 0.29) is 23.7 Å². The Morgan fingerprint density at radius 2 is 1.77 bits per heavy atom. The summed E-state index contributed by atoms with van der Waals surface area (Å²) < 4.78 is 5.23. The molecule has 2 rings (SSSR count). The Labute approximate surface area is 159 Å². The first-order valence-electron chi connectivity index (χ1n) is 8.75. The average molecular weight is 372 g/mol. The Balaban J connectivity index is 1.59. The van der Waals surface area contributed by atoms with Crippen molar-refractivity contribution >= 4 is 23.6 Å². The molecule has 0 saturated heterocycles. The Bertz CT molecular complexity index is 701. The average Bonchev–Trinajstić information content (AvgIpc) is 2.65. The number of hydrogen-bond acceptors (Lipinski definition) is 4. The number of benzene rings is 2. The fraction of sp³-hybridized carbons (Fsp3) is 0.333. The number of carbonyl (C=O) groups excluding carboxylic acids is 2. The largest absolute Gasteiger partial charge is 0.463 e. The van der Waals surface area contributed by atoms with Crippen molar-refractivity contribution in [2.45, 2.75) is 36.8 Å². The molecule has 2 aromatic rings. The van der Waals surface area contributed by atoms with Crippen LogP contribution < -0.4 is 5.32 Å². The molecule has 0 aliphatic heterocycles. The predicted octanol–water partition coefficient (Wildman–Crippen LogP) is 3.77. The molecule has 138 valence electrons. The third kappa shape index (κ3) is 7.31. The van der Waals surface area contributed by atoms with E-state index < -0.39 is 0 Å². The second-order valence-corrected chi connectivity index (χ2v) is 7.49. The lowest BCUT2D eigenvalue weighted by Gasteiger charge is -2.11. The number of thioether (sulfide) groups is 1. The fourth-order valence-corrected chi connectivity index (χ4v) is 3.20. The summed E-state index contributed by atoms with van der Waals surface area (Å²) in [5.74, 6) is -0.305. The third-order valence-corrected chi connectivity index (χ3v) is 4.91. The quantitative estimate of drug-likeness (QED) is 0.414. The van der Waals surface area contributed by atoms with Crippen molar-refractivity contribution in [1.29, 1.82) is 0 Å². The Morgan fingerprint density at radius 1 is 1.08 bits per heavy atom. The summed E-state index contributed by atoms with van der Waals surface area (Å²) in [6.07, 6.45) is 1.13. The van der Waals surface area contributed by atoms with E-state index in [9.17, 15) is 9.59 Å². The van der Waals surface area contributed by atoms with Gasteiger partial charge >= 0.3 is 5.97 Å². The molecular weight excluding hydrogens is 346 g/mol. The molecule has 1 atom stereocenters. The smallest absolute Gasteiger partial charge is 0.319 e. The summed E-state index contributed by atoms with van der Waals surface area (Å²) in [6, 6.07) is 17.9. The molecule has 1 amide bonds. The topological polar surface area (TPSA) is 55.4 Å². The molecule has 4 nitrogen and oxygen atoms in total. The van der Waals surface area contributed by atoms with Crippen LogP contribution in [-0.4, -0.2) is 30.3 Å². The molecule has 5 heteroatoms. The maximum atomic E-state index is 12.0. The molecule has 2 aromatic carbocycles. The van der Waals surface area contributed by atoms with E-state index >= 15 is 0 Å². The normalized spacial score (nSPS) is 11.6. The Hall–Kier alpha value is -2.27. The lowest BCUT2D eigenvalue weighted by molar-refractivity contribution is -0.142. The van der Waals surface area contributed by atoms with Gasteiger partial charge in [0.2, 0.25) is 5.91 Å². The summed E-state index contributed by atoms with van der Waals surface area (Å²) in [5, 5.41) is 2.50. The first-order chi connectivity index (χ1) is 12.5. The summed E-state index contributed by atoms with van der Waals surface area (Å²) in [5.41, 5.74) is 2.35. The summed E-state index contributed by atoms with van der Waals surface area (Å²) >= 11 is 1.46. The molecule has 1 N–H and O–H groups in total. The van der Waals surface area contributed by atoms with Crippen LogP contribution in [0.1, 0.15) is 24.5 Å². The van der Waals surface area contributed by atoms with Crippen molar-refractivity contribution in [3.63, 3.8) is 0 Å². The van der Waals surface area contributed by atoms with E-state index in [0.717, 1.165) is 10.5 Å². The highest BCUT2D eigenvalue weighted by Gasteiger charge is 2.15. The number of ether oxygens (including phenoxy) is 1. The van der Waals surface area contributed by atoms with E-state index in [1.165, 1.54) is 17.3 Å². The van der Waals surface area contributed by atoms with Crippen LogP contribution in [0.4, 0.5) is 0 Å². The van der Waals surface area contributed by atoms with Gasteiger partial charge in [-0.05, 0) is 38.0 Å². The number of esters is 1. The van der Waals surface area contributed by atoms with Gasteiger partial charge in [-0.15, -0.1) is 11.8 Å². The van der Waals surface area contributed by atoms with Crippen LogP contribution in [0, 0.1) is 6.92 Å². The number of rotatable bonds is 9. The van der Waals surface area contributed by atoms with Crippen molar-refractivity contribution in [2.24, 2.45) is 0 Å². The Kier molecular flexibility index (Phi) is 8.22. The molecule has 0 spiro atoms. The lowest BCUT2D eigenvalue weighted by Crippen LogP contribution is -2.29. The van der Waals surface area contributed by atoms with Gasteiger partial charge in [0.25, 0.3) is 0 Å². The van der Waals surface area contributed by atoms with Crippen molar-refractivity contribution in [1.82, 2.24) is 5.32 Å². The molecule has 0 saturated carbocycles. The predicted molar refractivity (Wildman–Crippen MR) is 105 cm³/mol. The van der Waals surface area contributed by atoms with Crippen molar-refractivity contribution in [3.05, 3.63) is 65.7 Å². The molecule has 0 radical (unpaired) electrons. The number of aryl methyl sites for hydroxylation is 2. The van der Waals surface area contributed by atoms with E-state index in [0.29, 0.717) is 19.4 Å². The summed E-state index contributed by atoms with van der Waals surface area (Å²) in [7, 11) is 0. The van der Waals surface area contributed by atoms with Crippen LogP contribution in [0.5, 0.6) is 0 Å². The molecule has 0 bridgehead atoms. The second kappa shape index (κ2) is 10.7. The number of amides is 1. The van der Waals surface area contributed by atoms with Gasteiger partial charge in [-0.2, -0.15) is 0 Å². The van der Waals surface area contributed by atoms with Crippen molar-refractivity contribution in [2.75, 3.05) is 13.2 Å². The number of hydrogen-bond donors (Lipinski definition) is 1. The van der Waals surface area contributed by atoms with Crippen molar-refractivity contribution in [3.8, 4) is 0 Å². The highest BCUT2D eigenvalue weighted by atomic mass is 32.2. The molecule has 1 unspecified atom stereocenters. The monoisotopic (exact) mass is 371 g/mol. The van der Waals surface area contributed by atoms with Crippen LogP contribution in [0.2, 0.25) is 0 Å². The first-order valence-corrected chi connectivity index (χ1v) is 9.63. The minimum atomic E-state index is -0.283.